The van der Waals surface area contributed by atoms with Crippen LogP contribution >= 0.6 is 11.6 Å². The molecule has 0 unspecified atom stereocenters. The highest BCUT2D eigenvalue weighted by atomic mass is 35.5. The van der Waals surface area contributed by atoms with Crippen molar-refractivity contribution >= 4 is 35.1 Å². The average Bonchev–Trinajstić information content (AvgIpc) is 2.88. The first-order valence-corrected chi connectivity index (χ1v) is 8.74. The molecule has 25 heavy (non-hydrogen) atoms. The van der Waals surface area contributed by atoms with Crippen molar-refractivity contribution in [2.45, 2.75) is 26.7 Å². The number of carboxylic acid groups (broad SMARTS) is 1. The maximum absolute atomic E-state index is 12.7. The van der Waals surface area contributed by atoms with Crippen LogP contribution in [0.4, 0.5) is 5.69 Å². The predicted octanol–water partition coefficient (Wildman–Crippen LogP) is 2.87. The number of benzene rings is 1. The molecule has 1 aromatic carbocycles. The summed E-state index contributed by atoms with van der Waals surface area (Å²) in [6.45, 7) is 4.91. The third-order valence-corrected chi connectivity index (χ3v) is 5.47. The van der Waals surface area contributed by atoms with E-state index in [4.69, 9.17) is 11.6 Å². The number of halogens is 1. The molecule has 1 aliphatic carbocycles. The Balaban J connectivity index is 1.82. The number of nitrogens with one attached hydrogen (secondary N) is 1. The Bertz CT molecular complexity index is 741. The zero-order valence-electron chi connectivity index (χ0n) is 14.2. The summed E-state index contributed by atoms with van der Waals surface area (Å²) in [4.78, 5) is 38.3. The largest absolute Gasteiger partial charge is 0.481 e. The maximum Gasteiger partial charge on any atom is 0.307 e. The van der Waals surface area contributed by atoms with Crippen LogP contribution in [0.5, 0.6) is 0 Å². The second kappa shape index (κ2) is 6.33. The molecule has 1 aromatic rings. The lowest BCUT2D eigenvalue weighted by Crippen LogP contribution is -2.29. The van der Waals surface area contributed by atoms with Crippen LogP contribution in [0.2, 0.25) is 5.02 Å². The standard InChI is InChI=1S/C18H21ClN2O4/c1-18(2)13(14(18)17(24)25)15(22)20-12-9-10(19)5-6-11(12)16(23)21-7-3-4-8-21/h5-6,9,13-14H,3-4,7-8H2,1-2H3,(H,20,22)(H,24,25)/t13-,14-/m1/s1. The van der Waals surface area contributed by atoms with Crippen LogP contribution in [-0.4, -0.2) is 40.9 Å². The molecule has 2 amide bonds. The maximum atomic E-state index is 12.7. The number of carbonyl (C=O) groups is 3. The zero-order valence-corrected chi connectivity index (χ0v) is 15.0. The third-order valence-electron chi connectivity index (χ3n) is 5.24. The third kappa shape index (κ3) is 3.23. The van der Waals surface area contributed by atoms with E-state index in [-0.39, 0.29) is 5.91 Å². The minimum atomic E-state index is -0.982. The van der Waals surface area contributed by atoms with Gasteiger partial charge in [-0.3, -0.25) is 14.4 Å². The quantitative estimate of drug-likeness (QED) is 0.860. The van der Waals surface area contributed by atoms with Crippen molar-refractivity contribution in [1.29, 1.82) is 0 Å². The first-order chi connectivity index (χ1) is 11.7. The Morgan fingerprint density at radius 1 is 1.20 bits per heavy atom. The molecule has 0 bridgehead atoms. The highest BCUT2D eigenvalue weighted by Crippen LogP contribution is 2.58. The lowest BCUT2D eigenvalue weighted by molar-refractivity contribution is -0.140. The molecular weight excluding hydrogens is 344 g/mol. The number of aliphatic carboxylic acids is 1. The monoisotopic (exact) mass is 364 g/mol. The minimum Gasteiger partial charge on any atom is -0.481 e. The van der Waals surface area contributed by atoms with E-state index in [2.05, 4.69) is 5.32 Å². The van der Waals surface area contributed by atoms with Crippen LogP contribution in [0.15, 0.2) is 18.2 Å². The summed E-state index contributed by atoms with van der Waals surface area (Å²) >= 11 is 6.02. The van der Waals surface area contributed by atoms with E-state index in [1.807, 2.05) is 0 Å². The summed E-state index contributed by atoms with van der Waals surface area (Å²) in [5.41, 5.74) is 0.111. The molecule has 134 valence electrons. The number of rotatable bonds is 4. The van der Waals surface area contributed by atoms with Gasteiger partial charge in [-0.1, -0.05) is 25.4 Å². The van der Waals surface area contributed by atoms with Gasteiger partial charge in [-0.05, 0) is 36.5 Å². The molecule has 1 heterocycles. The number of likely N-dealkylation sites (tertiary alicyclic amines) is 1. The molecule has 0 radical (unpaired) electrons. The lowest BCUT2D eigenvalue weighted by atomic mass is 10.1. The van der Waals surface area contributed by atoms with Gasteiger partial charge >= 0.3 is 5.97 Å². The second-order valence-electron chi connectivity index (χ2n) is 7.29. The number of hydrogen-bond acceptors (Lipinski definition) is 3. The highest BCUT2D eigenvalue weighted by molar-refractivity contribution is 6.31. The van der Waals surface area contributed by atoms with Gasteiger partial charge < -0.3 is 15.3 Å². The van der Waals surface area contributed by atoms with E-state index >= 15 is 0 Å². The van der Waals surface area contributed by atoms with Crippen molar-refractivity contribution in [3.05, 3.63) is 28.8 Å². The summed E-state index contributed by atoms with van der Waals surface area (Å²) in [6, 6.07) is 4.75. The van der Waals surface area contributed by atoms with Crippen molar-refractivity contribution in [2.24, 2.45) is 17.3 Å². The van der Waals surface area contributed by atoms with Gasteiger partial charge in [0.25, 0.3) is 5.91 Å². The van der Waals surface area contributed by atoms with Crippen molar-refractivity contribution in [3.8, 4) is 0 Å². The van der Waals surface area contributed by atoms with Crippen LogP contribution < -0.4 is 5.32 Å². The number of anilines is 1. The molecule has 2 fully saturated rings. The van der Waals surface area contributed by atoms with E-state index in [0.29, 0.717) is 29.4 Å². The summed E-state index contributed by atoms with van der Waals surface area (Å²) in [7, 11) is 0. The van der Waals surface area contributed by atoms with Crippen LogP contribution in [0.25, 0.3) is 0 Å². The molecule has 3 rings (SSSR count). The Morgan fingerprint density at radius 3 is 2.40 bits per heavy atom. The number of carboxylic acids is 1. The lowest BCUT2D eigenvalue weighted by Gasteiger charge is -2.18. The van der Waals surface area contributed by atoms with Crippen LogP contribution in [0.3, 0.4) is 0 Å². The molecule has 1 saturated carbocycles. The summed E-state index contributed by atoms with van der Waals surface area (Å²) in [5, 5.41) is 12.4. The summed E-state index contributed by atoms with van der Waals surface area (Å²) in [6.07, 6.45) is 1.94. The van der Waals surface area contributed by atoms with Crippen LogP contribution in [0.1, 0.15) is 37.0 Å². The molecule has 7 heteroatoms. The van der Waals surface area contributed by atoms with Crippen molar-refractivity contribution in [1.82, 2.24) is 4.90 Å². The Labute approximate surface area is 151 Å². The van der Waals surface area contributed by atoms with Gasteiger partial charge in [-0.25, -0.2) is 0 Å². The van der Waals surface area contributed by atoms with Crippen molar-refractivity contribution < 1.29 is 19.5 Å². The van der Waals surface area contributed by atoms with Gasteiger partial charge in [0.1, 0.15) is 0 Å². The Kier molecular flexibility index (Phi) is 4.49. The molecule has 2 N–H and O–H groups in total. The van der Waals surface area contributed by atoms with E-state index in [0.717, 1.165) is 12.8 Å². The normalized spacial score (nSPS) is 24.0. The summed E-state index contributed by atoms with van der Waals surface area (Å²) in [5.74, 6) is -2.86. The fraction of sp³-hybridized carbons (Fsp3) is 0.500. The van der Waals surface area contributed by atoms with Gasteiger partial charge in [-0.2, -0.15) is 0 Å². The minimum absolute atomic E-state index is 0.144. The molecule has 0 spiro atoms. The summed E-state index contributed by atoms with van der Waals surface area (Å²) < 4.78 is 0. The average molecular weight is 365 g/mol. The van der Waals surface area contributed by atoms with Crippen LogP contribution in [-0.2, 0) is 9.59 Å². The number of amides is 2. The first-order valence-electron chi connectivity index (χ1n) is 8.36. The number of nitrogens with zero attached hydrogens (tertiary/aromatic N) is 1. The molecule has 1 aliphatic heterocycles. The Hall–Kier alpha value is -2.08. The van der Waals surface area contributed by atoms with E-state index < -0.39 is 29.1 Å². The van der Waals surface area contributed by atoms with Gasteiger partial charge in [0.2, 0.25) is 5.91 Å². The Morgan fingerprint density at radius 2 is 1.84 bits per heavy atom. The molecule has 2 aliphatic rings. The molecule has 6 nitrogen and oxygen atoms in total. The number of hydrogen-bond donors (Lipinski definition) is 2. The second-order valence-corrected chi connectivity index (χ2v) is 7.73. The first kappa shape index (κ1) is 17.7. The van der Waals surface area contributed by atoms with Gasteiger partial charge in [0.15, 0.2) is 0 Å². The van der Waals surface area contributed by atoms with Gasteiger partial charge in [0.05, 0.1) is 23.1 Å². The highest BCUT2D eigenvalue weighted by Gasteiger charge is 2.65. The topological polar surface area (TPSA) is 86.7 Å². The molecule has 0 aromatic heterocycles. The van der Waals surface area contributed by atoms with E-state index in [1.165, 1.54) is 6.07 Å². The molecule has 2 atom stereocenters. The van der Waals surface area contributed by atoms with E-state index in [9.17, 15) is 19.5 Å². The van der Waals surface area contributed by atoms with E-state index in [1.54, 1.807) is 30.9 Å². The number of carbonyl (C=O) groups excluding carboxylic acids is 2. The van der Waals surface area contributed by atoms with Crippen LogP contribution in [0, 0.1) is 17.3 Å². The molecular formula is C18H21ClN2O4. The SMILES string of the molecule is CC1(C)[C@@H](C(=O)O)[C@@H]1C(=O)Nc1cc(Cl)ccc1C(=O)N1CCCC1. The van der Waals surface area contributed by atoms with Gasteiger partial charge in [-0.15, -0.1) is 0 Å². The fourth-order valence-electron chi connectivity index (χ4n) is 3.70. The zero-order chi connectivity index (χ0) is 18.4. The smallest absolute Gasteiger partial charge is 0.307 e. The fourth-order valence-corrected chi connectivity index (χ4v) is 3.87. The van der Waals surface area contributed by atoms with Crippen molar-refractivity contribution in [3.63, 3.8) is 0 Å². The van der Waals surface area contributed by atoms with Gasteiger partial charge in [0, 0.05) is 18.1 Å². The molecule has 1 saturated heterocycles. The predicted molar refractivity (Wildman–Crippen MR) is 93.6 cm³/mol. The van der Waals surface area contributed by atoms with Crippen molar-refractivity contribution in [2.75, 3.05) is 18.4 Å².